The molecule has 0 saturated heterocycles. The van der Waals surface area contributed by atoms with Gasteiger partial charge in [0.05, 0.1) is 24.4 Å². The summed E-state index contributed by atoms with van der Waals surface area (Å²) >= 11 is 0. The number of hydrogen-bond acceptors (Lipinski definition) is 3. The maximum absolute atomic E-state index is 11.7. The number of nitrogens with two attached hydrogens (primary N) is 1. The minimum atomic E-state index is -4.37. The van der Waals surface area contributed by atoms with Crippen molar-refractivity contribution in [3.63, 3.8) is 0 Å². The molecule has 100 valence electrons. The van der Waals surface area contributed by atoms with E-state index < -0.39 is 18.7 Å². The van der Waals surface area contributed by atoms with Crippen molar-refractivity contribution in [3.8, 4) is 0 Å². The molecule has 0 radical (unpaired) electrons. The molecule has 0 aromatic heterocycles. The Kier molecular flexibility index (Phi) is 4.96. The van der Waals surface area contributed by atoms with Crippen LogP contribution in [0, 0.1) is 0 Å². The molecule has 0 saturated carbocycles. The van der Waals surface area contributed by atoms with Gasteiger partial charge < -0.3 is 15.8 Å². The summed E-state index contributed by atoms with van der Waals surface area (Å²) in [5.74, 6) is -0.449. The first kappa shape index (κ1) is 14.3. The highest BCUT2D eigenvalue weighted by Crippen LogP contribution is 2.17. The van der Waals surface area contributed by atoms with Crippen molar-refractivity contribution in [2.45, 2.75) is 12.6 Å². The summed E-state index contributed by atoms with van der Waals surface area (Å²) in [4.78, 5) is 11.4. The van der Waals surface area contributed by atoms with Gasteiger partial charge in [0.25, 0.3) is 0 Å². The van der Waals surface area contributed by atoms with Crippen molar-refractivity contribution >= 4 is 17.3 Å². The van der Waals surface area contributed by atoms with E-state index in [9.17, 15) is 18.0 Å². The number of amides is 1. The molecule has 1 aromatic rings. The number of nitrogen functional groups attached to an aromatic ring is 1. The third-order valence-electron chi connectivity index (χ3n) is 1.97. The molecule has 18 heavy (non-hydrogen) atoms. The van der Waals surface area contributed by atoms with E-state index in [-0.39, 0.29) is 13.0 Å². The molecular formula is C11H13F3N2O2. The van der Waals surface area contributed by atoms with Crippen LogP contribution in [0.5, 0.6) is 0 Å². The highest BCUT2D eigenvalue weighted by Gasteiger charge is 2.27. The molecule has 0 bridgehead atoms. The topological polar surface area (TPSA) is 64.3 Å². The average molecular weight is 262 g/mol. The first-order valence-corrected chi connectivity index (χ1v) is 5.17. The van der Waals surface area contributed by atoms with Gasteiger partial charge in [-0.2, -0.15) is 13.2 Å². The van der Waals surface area contributed by atoms with Crippen molar-refractivity contribution < 1.29 is 22.7 Å². The fraction of sp³-hybridized carbons (Fsp3) is 0.364. The average Bonchev–Trinajstić information content (AvgIpc) is 2.26. The number of carbonyl (C=O) groups excluding carboxylic acids is 1. The predicted molar refractivity (Wildman–Crippen MR) is 61.0 cm³/mol. The molecule has 7 heteroatoms. The Morgan fingerprint density at radius 3 is 2.61 bits per heavy atom. The van der Waals surface area contributed by atoms with Crippen LogP contribution in [0.2, 0.25) is 0 Å². The number of halogens is 3. The summed E-state index contributed by atoms with van der Waals surface area (Å²) in [6.07, 6.45) is -4.54. The number of para-hydroxylation sites is 2. The molecule has 1 amide bonds. The lowest BCUT2D eigenvalue weighted by molar-refractivity contribution is -0.174. The quantitative estimate of drug-likeness (QED) is 0.631. The number of anilines is 2. The van der Waals surface area contributed by atoms with Crippen molar-refractivity contribution in [2.24, 2.45) is 0 Å². The SMILES string of the molecule is Nc1ccccc1NC(=O)CCOCC(F)(F)F. The molecule has 0 aliphatic heterocycles. The number of rotatable bonds is 5. The van der Waals surface area contributed by atoms with Crippen LogP contribution in [-0.4, -0.2) is 25.3 Å². The standard InChI is InChI=1S/C11H13F3N2O2/c12-11(13,14)7-18-6-5-10(17)16-9-4-2-1-3-8(9)15/h1-4H,5-7,15H2,(H,16,17). The second-order valence-corrected chi connectivity index (χ2v) is 3.55. The van der Waals surface area contributed by atoms with Crippen molar-refractivity contribution in [1.29, 1.82) is 0 Å². The molecule has 0 heterocycles. The first-order valence-electron chi connectivity index (χ1n) is 5.17. The maximum atomic E-state index is 11.7. The summed E-state index contributed by atoms with van der Waals surface area (Å²) in [5, 5.41) is 2.48. The molecule has 4 nitrogen and oxygen atoms in total. The van der Waals surface area contributed by atoms with Crippen LogP contribution >= 0.6 is 0 Å². The Labute approximate surface area is 102 Å². The zero-order valence-electron chi connectivity index (χ0n) is 9.46. The fourth-order valence-corrected chi connectivity index (χ4v) is 1.18. The molecule has 3 N–H and O–H groups in total. The number of carbonyl (C=O) groups is 1. The van der Waals surface area contributed by atoms with E-state index in [1.165, 1.54) is 0 Å². The highest BCUT2D eigenvalue weighted by atomic mass is 19.4. The van der Waals surface area contributed by atoms with E-state index >= 15 is 0 Å². The largest absolute Gasteiger partial charge is 0.411 e. The van der Waals surface area contributed by atoms with Crippen LogP contribution < -0.4 is 11.1 Å². The summed E-state index contributed by atoms with van der Waals surface area (Å²) in [6.45, 7) is -1.65. The van der Waals surface area contributed by atoms with Gasteiger partial charge in [-0.3, -0.25) is 4.79 Å². The normalized spacial score (nSPS) is 11.3. The minimum Gasteiger partial charge on any atom is -0.397 e. The molecule has 0 aliphatic rings. The van der Waals surface area contributed by atoms with E-state index in [2.05, 4.69) is 10.1 Å². The van der Waals surface area contributed by atoms with Crippen molar-refractivity contribution in [3.05, 3.63) is 24.3 Å². The molecular weight excluding hydrogens is 249 g/mol. The third kappa shape index (κ3) is 5.53. The Hall–Kier alpha value is -1.76. The van der Waals surface area contributed by atoms with Gasteiger partial charge in [-0.05, 0) is 12.1 Å². The van der Waals surface area contributed by atoms with Crippen LogP contribution in [0.25, 0.3) is 0 Å². The van der Waals surface area contributed by atoms with Gasteiger partial charge >= 0.3 is 6.18 Å². The van der Waals surface area contributed by atoms with Gasteiger partial charge in [-0.1, -0.05) is 12.1 Å². The van der Waals surface area contributed by atoms with E-state index in [1.54, 1.807) is 24.3 Å². The highest BCUT2D eigenvalue weighted by molar-refractivity contribution is 5.93. The fourth-order valence-electron chi connectivity index (χ4n) is 1.18. The monoisotopic (exact) mass is 262 g/mol. The van der Waals surface area contributed by atoms with Crippen molar-refractivity contribution in [1.82, 2.24) is 0 Å². The summed E-state index contributed by atoms with van der Waals surface area (Å²) in [5.41, 5.74) is 6.41. The second kappa shape index (κ2) is 6.25. The molecule has 0 atom stereocenters. The number of benzene rings is 1. The Morgan fingerprint density at radius 1 is 1.33 bits per heavy atom. The lowest BCUT2D eigenvalue weighted by atomic mass is 10.2. The smallest absolute Gasteiger partial charge is 0.397 e. The molecule has 0 aliphatic carbocycles. The Bertz CT molecular complexity index is 408. The van der Waals surface area contributed by atoms with Crippen LogP contribution in [0.4, 0.5) is 24.5 Å². The third-order valence-corrected chi connectivity index (χ3v) is 1.97. The van der Waals surface area contributed by atoms with Crippen LogP contribution in [0.1, 0.15) is 6.42 Å². The summed E-state index contributed by atoms with van der Waals surface area (Å²) in [6, 6.07) is 6.60. The molecule has 0 fully saturated rings. The van der Waals surface area contributed by atoms with Crippen LogP contribution in [-0.2, 0) is 9.53 Å². The zero-order valence-corrected chi connectivity index (χ0v) is 9.46. The number of ether oxygens (including phenoxy) is 1. The second-order valence-electron chi connectivity index (χ2n) is 3.55. The van der Waals surface area contributed by atoms with Gasteiger partial charge in [0.2, 0.25) is 5.91 Å². The maximum Gasteiger partial charge on any atom is 0.411 e. The summed E-state index contributed by atoms with van der Waals surface area (Å²) < 4.78 is 39.5. The minimum absolute atomic E-state index is 0.162. The molecule has 0 unspecified atom stereocenters. The summed E-state index contributed by atoms with van der Waals surface area (Å²) in [7, 11) is 0. The van der Waals surface area contributed by atoms with Gasteiger partial charge in [0, 0.05) is 0 Å². The molecule has 1 rings (SSSR count). The van der Waals surface area contributed by atoms with E-state index in [1.807, 2.05) is 0 Å². The Morgan fingerprint density at radius 2 is 2.00 bits per heavy atom. The number of alkyl halides is 3. The number of nitrogens with one attached hydrogen (secondary N) is 1. The van der Waals surface area contributed by atoms with E-state index in [4.69, 9.17) is 5.73 Å². The first-order chi connectivity index (χ1) is 8.38. The van der Waals surface area contributed by atoms with Crippen molar-refractivity contribution in [2.75, 3.05) is 24.3 Å². The van der Waals surface area contributed by atoms with E-state index in [0.717, 1.165) is 0 Å². The van der Waals surface area contributed by atoms with Crippen LogP contribution in [0.15, 0.2) is 24.3 Å². The molecule has 1 aromatic carbocycles. The predicted octanol–water partition coefficient (Wildman–Crippen LogP) is 2.18. The Balaban J connectivity index is 2.29. The van der Waals surface area contributed by atoms with Gasteiger partial charge in [0.1, 0.15) is 6.61 Å². The van der Waals surface area contributed by atoms with Gasteiger partial charge in [0.15, 0.2) is 0 Å². The lowest BCUT2D eigenvalue weighted by Gasteiger charge is -2.09. The van der Waals surface area contributed by atoms with Crippen LogP contribution in [0.3, 0.4) is 0 Å². The lowest BCUT2D eigenvalue weighted by Crippen LogP contribution is -2.20. The van der Waals surface area contributed by atoms with Gasteiger partial charge in [-0.15, -0.1) is 0 Å². The molecule has 0 spiro atoms. The van der Waals surface area contributed by atoms with Gasteiger partial charge in [-0.25, -0.2) is 0 Å². The number of hydrogen-bond donors (Lipinski definition) is 2. The van der Waals surface area contributed by atoms with E-state index in [0.29, 0.717) is 11.4 Å². The zero-order chi connectivity index (χ0) is 13.6.